The van der Waals surface area contributed by atoms with Gasteiger partial charge in [-0.25, -0.2) is 0 Å². The van der Waals surface area contributed by atoms with Crippen molar-refractivity contribution in [2.75, 3.05) is 13.2 Å². The highest BCUT2D eigenvalue weighted by atomic mass is 16.5. The summed E-state index contributed by atoms with van der Waals surface area (Å²) >= 11 is 0. The molecule has 0 aliphatic heterocycles. The van der Waals surface area contributed by atoms with Crippen LogP contribution in [0.3, 0.4) is 0 Å². The SMILES string of the molecule is CCCCOc1cc(OCC(=O)[O-])ccc1C(C)(C)C. The van der Waals surface area contributed by atoms with Crippen molar-refractivity contribution in [1.82, 2.24) is 0 Å². The van der Waals surface area contributed by atoms with Crippen LogP contribution in [0, 0.1) is 0 Å². The van der Waals surface area contributed by atoms with Crippen molar-refractivity contribution in [2.45, 2.75) is 46.0 Å². The van der Waals surface area contributed by atoms with E-state index < -0.39 is 12.6 Å². The van der Waals surface area contributed by atoms with Gasteiger partial charge < -0.3 is 19.4 Å². The van der Waals surface area contributed by atoms with Crippen LogP contribution in [-0.4, -0.2) is 19.2 Å². The molecule has 0 N–H and O–H groups in total. The third-order valence-corrected chi connectivity index (χ3v) is 2.87. The van der Waals surface area contributed by atoms with E-state index >= 15 is 0 Å². The molecule has 0 aromatic heterocycles. The Morgan fingerprint density at radius 1 is 1.25 bits per heavy atom. The van der Waals surface area contributed by atoms with Crippen LogP contribution >= 0.6 is 0 Å². The third kappa shape index (κ3) is 5.11. The molecule has 112 valence electrons. The van der Waals surface area contributed by atoms with Gasteiger partial charge in [0.25, 0.3) is 0 Å². The summed E-state index contributed by atoms with van der Waals surface area (Å²) in [6.45, 7) is 8.62. The molecule has 1 aromatic carbocycles. The Kier molecular flexibility index (Phi) is 5.86. The fourth-order valence-corrected chi connectivity index (χ4v) is 1.80. The molecule has 1 aromatic rings. The number of benzene rings is 1. The molecule has 0 unspecified atom stereocenters. The van der Waals surface area contributed by atoms with Gasteiger partial charge in [-0.15, -0.1) is 0 Å². The summed E-state index contributed by atoms with van der Waals surface area (Å²) in [5.74, 6) is -0.00570. The van der Waals surface area contributed by atoms with E-state index in [0.717, 1.165) is 24.2 Å². The molecular weight excluding hydrogens is 256 g/mol. The van der Waals surface area contributed by atoms with Crippen molar-refractivity contribution in [1.29, 1.82) is 0 Å². The maximum Gasteiger partial charge on any atom is 0.128 e. The van der Waals surface area contributed by atoms with Gasteiger partial charge >= 0.3 is 0 Å². The molecule has 0 heterocycles. The summed E-state index contributed by atoms with van der Waals surface area (Å²) in [7, 11) is 0. The number of unbranched alkanes of at least 4 members (excludes halogenated alkanes) is 1. The number of rotatable bonds is 7. The number of carbonyl (C=O) groups is 1. The summed E-state index contributed by atoms with van der Waals surface area (Å²) < 4.78 is 10.9. The van der Waals surface area contributed by atoms with Gasteiger partial charge in [0.05, 0.1) is 12.6 Å². The number of carbonyl (C=O) groups excluding carboxylic acids is 1. The maximum absolute atomic E-state index is 10.4. The van der Waals surface area contributed by atoms with E-state index in [1.54, 1.807) is 12.1 Å². The predicted molar refractivity (Wildman–Crippen MR) is 76.0 cm³/mol. The van der Waals surface area contributed by atoms with Crippen molar-refractivity contribution < 1.29 is 19.4 Å². The van der Waals surface area contributed by atoms with Gasteiger partial charge in [-0.3, -0.25) is 0 Å². The van der Waals surface area contributed by atoms with Crippen LogP contribution in [0.4, 0.5) is 0 Å². The lowest BCUT2D eigenvalue weighted by Crippen LogP contribution is -2.29. The van der Waals surface area contributed by atoms with Crippen molar-refractivity contribution in [3.63, 3.8) is 0 Å². The van der Waals surface area contributed by atoms with Gasteiger partial charge in [-0.2, -0.15) is 0 Å². The molecule has 0 bridgehead atoms. The highest BCUT2D eigenvalue weighted by Crippen LogP contribution is 2.34. The summed E-state index contributed by atoms with van der Waals surface area (Å²) in [6.07, 6.45) is 2.04. The van der Waals surface area contributed by atoms with E-state index in [9.17, 15) is 9.90 Å². The Balaban J connectivity index is 2.92. The van der Waals surface area contributed by atoms with Crippen LogP contribution in [0.25, 0.3) is 0 Å². The monoisotopic (exact) mass is 279 g/mol. The summed E-state index contributed by atoms with van der Waals surface area (Å²) in [5.41, 5.74) is 1.03. The number of aliphatic carboxylic acids is 1. The van der Waals surface area contributed by atoms with Crippen LogP contribution in [0.1, 0.15) is 46.1 Å². The molecule has 0 radical (unpaired) electrons. The molecule has 0 saturated heterocycles. The van der Waals surface area contributed by atoms with Crippen molar-refractivity contribution in [3.8, 4) is 11.5 Å². The topological polar surface area (TPSA) is 58.6 Å². The highest BCUT2D eigenvalue weighted by Gasteiger charge is 2.19. The van der Waals surface area contributed by atoms with Crippen molar-refractivity contribution in [2.24, 2.45) is 0 Å². The number of hydrogen-bond donors (Lipinski definition) is 0. The van der Waals surface area contributed by atoms with Crippen molar-refractivity contribution >= 4 is 5.97 Å². The third-order valence-electron chi connectivity index (χ3n) is 2.87. The molecule has 0 aliphatic carbocycles. The smallest absolute Gasteiger partial charge is 0.128 e. The Morgan fingerprint density at radius 3 is 2.50 bits per heavy atom. The van der Waals surface area contributed by atoms with E-state index in [-0.39, 0.29) is 5.41 Å². The lowest BCUT2D eigenvalue weighted by atomic mass is 9.86. The van der Waals surface area contributed by atoms with Gasteiger partial charge in [0.2, 0.25) is 0 Å². The van der Waals surface area contributed by atoms with Gasteiger partial charge in [-0.1, -0.05) is 40.2 Å². The van der Waals surface area contributed by atoms with Crippen molar-refractivity contribution in [3.05, 3.63) is 23.8 Å². The first-order chi connectivity index (χ1) is 9.34. The standard InChI is InChI=1S/C16H24O4/c1-5-6-9-19-14-10-12(20-11-15(17)18)7-8-13(14)16(2,3)4/h7-8,10H,5-6,9,11H2,1-4H3,(H,17,18)/p-1. The lowest BCUT2D eigenvalue weighted by molar-refractivity contribution is -0.307. The summed E-state index contributed by atoms with van der Waals surface area (Å²) in [6, 6.07) is 5.43. The minimum absolute atomic E-state index is 0.0472. The Hall–Kier alpha value is -1.71. The zero-order chi connectivity index (χ0) is 15.2. The quantitative estimate of drug-likeness (QED) is 0.719. The zero-order valence-corrected chi connectivity index (χ0v) is 12.7. The first kappa shape index (κ1) is 16.3. The summed E-state index contributed by atoms with van der Waals surface area (Å²) in [4.78, 5) is 10.4. The van der Waals surface area contributed by atoms with Gasteiger partial charge in [-0.05, 0) is 23.5 Å². The number of carboxylic acids is 1. The van der Waals surface area contributed by atoms with Crippen LogP contribution in [0.5, 0.6) is 11.5 Å². The van der Waals surface area contributed by atoms with E-state index in [1.165, 1.54) is 0 Å². The molecule has 0 amide bonds. The average molecular weight is 279 g/mol. The van der Waals surface area contributed by atoms with Crippen LogP contribution in [0.2, 0.25) is 0 Å². The molecule has 0 saturated carbocycles. The normalized spacial score (nSPS) is 11.2. The number of carboxylic acid groups (broad SMARTS) is 1. The maximum atomic E-state index is 10.4. The Bertz CT molecular complexity index is 446. The van der Waals surface area contributed by atoms with Crippen LogP contribution in [-0.2, 0) is 10.2 Å². The zero-order valence-electron chi connectivity index (χ0n) is 12.7. The second-order valence-electron chi connectivity index (χ2n) is 5.77. The highest BCUT2D eigenvalue weighted by molar-refractivity contribution is 5.66. The van der Waals surface area contributed by atoms with Gasteiger partial charge in [0.1, 0.15) is 18.1 Å². The fraction of sp³-hybridized carbons (Fsp3) is 0.562. The first-order valence-corrected chi connectivity index (χ1v) is 6.94. The minimum Gasteiger partial charge on any atom is -0.546 e. The Morgan fingerprint density at radius 2 is 1.95 bits per heavy atom. The number of hydrogen-bond acceptors (Lipinski definition) is 4. The molecule has 1 rings (SSSR count). The first-order valence-electron chi connectivity index (χ1n) is 6.94. The fourth-order valence-electron chi connectivity index (χ4n) is 1.80. The molecule has 0 fully saturated rings. The molecule has 4 nitrogen and oxygen atoms in total. The van der Waals surface area contributed by atoms with Gasteiger partial charge in [0, 0.05) is 6.07 Å². The van der Waals surface area contributed by atoms with E-state index in [1.807, 2.05) is 6.07 Å². The lowest BCUT2D eigenvalue weighted by Gasteiger charge is -2.23. The molecule has 4 heteroatoms. The molecule has 20 heavy (non-hydrogen) atoms. The predicted octanol–water partition coefficient (Wildman–Crippen LogP) is 2.29. The van der Waals surface area contributed by atoms with E-state index in [0.29, 0.717) is 12.4 Å². The second-order valence-corrected chi connectivity index (χ2v) is 5.77. The molecular formula is C16H23O4-. The molecule has 0 aliphatic rings. The van der Waals surface area contributed by atoms with Crippen LogP contribution in [0.15, 0.2) is 18.2 Å². The number of ether oxygens (including phenoxy) is 2. The van der Waals surface area contributed by atoms with Crippen LogP contribution < -0.4 is 14.6 Å². The molecule has 0 atom stereocenters. The van der Waals surface area contributed by atoms with Gasteiger partial charge in [0.15, 0.2) is 0 Å². The largest absolute Gasteiger partial charge is 0.546 e. The Labute approximate surface area is 120 Å². The minimum atomic E-state index is -1.24. The van der Waals surface area contributed by atoms with E-state index in [2.05, 4.69) is 27.7 Å². The van der Waals surface area contributed by atoms with E-state index in [4.69, 9.17) is 9.47 Å². The second kappa shape index (κ2) is 7.17. The average Bonchev–Trinajstić information content (AvgIpc) is 2.35. The summed E-state index contributed by atoms with van der Waals surface area (Å²) in [5, 5.41) is 10.4. The molecule has 0 spiro atoms.